The molecule has 1 heterocycles. The van der Waals surface area contributed by atoms with Gasteiger partial charge in [-0.3, -0.25) is 9.97 Å². The van der Waals surface area contributed by atoms with Crippen LogP contribution in [0.5, 0.6) is 0 Å². The van der Waals surface area contributed by atoms with Crippen LogP contribution in [0, 0.1) is 0 Å². The molecule has 0 aliphatic rings. The highest BCUT2D eigenvalue weighted by molar-refractivity contribution is 6.31. The van der Waals surface area contributed by atoms with E-state index in [9.17, 15) is 0 Å². The highest BCUT2D eigenvalue weighted by Gasteiger charge is 2.03. The van der Waals surface area contributed by atoms with Crippen LogP contribution in [0.2, 0.25) is 0 Å². The molecule has 2 radical (unpaired) electrons. The summed E-state index contributed by atoms with van der Waals surface area (Å²) in [6.45, 7) is 6.18. The van der Waals surface area contributed by atoms with Crippen LogP contribution in [-0.4, -0.2) is 17.8 Å². The van der Waals surface area contributed by atoms with E-state index in [2.05, 4.69) is 23.8 Å². The van der Waals surface area contributed by atoms with Gasteiger partial charge in [0, 0.05) is 11.8 Å². The molecule has 12 heavy (non-hydrogen) atoms. The molecule has 0 bridgehead atoms. The molecule has 0 aromatic carbocycles. The molecular weight excluding hydrogens is 147 g/mol. The first-order valence-corrected chi connectivity index (χ1v) is 4.26. The fraction of sp³-hybridized carbons (Fsp3) is 0.556. The lowest BCUT2D eigenvalue weighted by Crippen LogP contribution is -2.18. The summed E-state index contributed by atoms with van der Waals surface area (Å²) in [7, 11) is 5.70. The molecule has 0 saturated heterocycles. The predicted octanol–water partition coefficient (Wildman–Crippen LogP) is 0.956. The van der Waals surface area contributed by atoms with Gasteiger partial charge in [-0.2, -0.15) is 0 Å². The van der Waals surface area contributed by atoms with Crippen LogP contribution in [0.1, 0.15) is 38.1 Å². The lowest BCUT2D eigenvalue weighted by atomic mass is 9.99. The Hall–Kier alpha value is -0.855. The van der Waals surface area contributed by atoms with Crippen molar-refractivity contribution >= 4 is 13.4 Å². The zero-order valence-corrected chi connectivity index (χ0v) is 7.83. The van der Waals surface area contributed by atoms with Crippen LogP contribution < -0.4 is 5.59 Å². The van der Waals surface area contributed by atoms with Crippen LogP contribution in [-0.2, 0) is 6.42 Å². The van der Waals surface area contributed by atoms with Gasteiger partial charge in [0.2, 0.25) is 0 Å². The molecule has 0 atom stereocenters. The van der Waals surface area contributed by atoms with Crippen LogP contribution >= 0.6 is 0 Å². The second kappa shape index (κ2) is 3.70. The zero-order valence-electron chi connectivity index (χ0n) is 7.83. The third kappa shape index (κ3) is 1.84. The molecule has 3 heteroatoms. The molecule has 2 nitrogen and oxygen atoms in total. The summed E-state index contributed by atoms with van der Waals surface area (Å²) in [6.07, 6.45) is 2.65. The molecule has 1 aromatic heterocycles. The molecule has 0 N–H and O–H groups in total. The summed E-state index contributed by atoms with van der Waals surface area (Å²) in [5.74, 6) is 0.394. The monoisotopic (exact) mass is 160 g/mol. The van der Waals surface area contributed by atoms with Crippen molar-refractivity contribution in [2.75, 3.05) is 0 Å². The molecule has 0 aliphatic carbocycles. The van der Waals surface area contributed by atoms with E-state index in [1.165, 1.54) is 0 Å². The molecule has 0 spiro atoms. The Kier molecular flexibility index (Phi) is 2.85. The summed E-state index contributed by atoms with van der Waals surface area (Å²) in [4.78, 5) is 8.49. The van der Waals surface area contributed by atoms with Crippen molar-refractivity contribution in [3.63, 3.8) is 0 Å². The number of hydrogen-bond donors (Lipinski definition) is 0. The fourth-order valence-electron chi connectivity index (χ4n) is 0.993. The first-order chi connectivity index (χ1) is 5.65. The van der Waals surface area contributed by atoms with Gasteiger partial charge in [-0.05, 0) is 12.3 Å². The number of nitrogens with zero attached hydrogens (tertiary/aromatic N) is 2. The lowest BCUT2D eigenvalue weighted by molar-refractivity contribution is 0.809. The Morgan fingerprint density at radius 2 is 2.17 bits per heavy atom. The summed E-state index contributed by atoms with van der Waals surface area (Å²) in [5, 5.41) is 0. The molecule has 0 fully saturated rings. The average Bonchev–Trinajstić information content (AvgIpc) is 2.04. The number of aryl methyl sites for hydroxylation is 1. The van der Waals surface area contributed by atoms with E-state index in [0.29, 0.717) is 11.5 Å². The quantitative estimate of drug-likeness (QED) is 0.602. The molecule has 62 valence electrons. The van der Waals surface area contributed by atoms with Crippen LogP contribution in [0.4, 0.5) is 0 Å². The molecule has 0 saturated carbocycles. The Balaban J connectivity index is 3.02. The van der Waals surface area contributed by atoms with Gasteiger partial charge >= 0.3 is 0 Å². The normalized spacial score (nSPS) is 10.7. The molecule has 1 aromatic rings. The van der Waals surface area contributed by atoms with E-state index in [4.69, 9.17) is 7.85 Å². The zero-order chi connectivity index (χ0) is 9.14. The molecule has 0 aliphatic heterocycles. The standard InChI is InChI=1S/C9H13BN2/c1-4-7-9(10)12-8(5-11-7)6(2)3/h5-6H,4H2,1-3H3. The van der Waals surface area contributed by atoms with Gasteiger partial charge in [-0.1, -0.05) is 20.8 Å². The van der Waals surface area contributed by atoms with E-state index in [-0.39, 0.29) is 0 Å². The van der Waals surface area contributed by atoms with Crippen LogP contribution in [0.3, 0.4) is 0 Å². The Labute approximate surface area is 74.8 Å². The van der Waals surface area contributed by atoms with Crippen molar-refractivity contribution in [3.8, 4) is 0 Å². The Bertz CT molecular complexity index is 271. The van der Waals surface area contributed by atoms with Crippen molar-refractivity contribution in [2.45, 2.75) is 33.1 Å². The third-order valence-corrected chi connectivity index (χ3v) is 1.82. The fourth-order valence-corrected chi connectivity index (χ4v) is 0.993. The minimum absolute atomic E-state index is 0.394. The highest BCUT2D eigenvalue weighted by Crippen LogP contribution is 2.07. The maximum atomic E-state index is 5.70. The topological polar surface area (TPSA) is 25.8 Å². The number of hydrogen-bond acceptors (Lipinski definition) is 2. The van der Waals surface area contributed by atoms with Crippen molar-refractivity contribution in [3.05, 3.63) is 17.6 Å². The highest BCUT2D eigenvalue weighted by atomic mass is 14.8. The largest absolute Gasteiger partial charge is 0.266 e. The smallest absolute Gasteiger partial charge is 0.144 e. The van der Waals surface area contributed by atoms with Gasteiger partial charge in [0.15, 0.2) is 0 Å². The second-order valence-corrected chi connectivity index (χ2v) is 3.14. The lowest BCUT2D eigenvalue weighted by Gasteiger charge is -2.07. The minimum atomic E-state index is 0.394. The summed E-state index contributed by atoms with van der Waals surface area (Å²) >= 11 is 0. The molecule has 0 amide bonds. The van der Waals surface area contributed by atoms with Gasteiger partial charge in [-0.25, -0.2) is 0 Å². The SMILES string of the molecule is [B]c1nc(C(C)C)cnc1CC. The first-order valence-electron chi connectivity index (χ1n) is 4.26. The molecular formula is C9H13BN2. The third-order valence-electron chi connectivity index (χ3n) is 1.82. The maximum absolute atomic E-state index is 5.70. The van der Waals surface area contributed by atoms with Crippen molar-refractivity contribution < 1.29 is 0 Å². The summed E-state index contributed by atoms with van der Waals surface area (Å²) < 4.78 is 0. The van der Waals surface area contributed by atoms with E-state index < -0.39 is 0 Å². The van der Waals surface area contributed by atoms with Gasteiger partial charge in [0.25, 0.3) is 0 Å². The van der Waals surface area contributed by atoms with E-state index >= 15 is 0 Å². The molecule has 1 rings (SSSR count). The first kappa shape index (κ1) is 9.23. The van der Waals surface area contributed by atoms with Gasteiger partial charge in [0.05, 0.1) is 11.4 Å². The Morgan fingerprint density at radius 1 is 1.50 bits per heavy atom. The van der Waals surface area contributed by atoms with E-state index in [1.807, 2.05) is 6.92 Å². The van der Waals surface area contributed by atoms with Gasteiger partial charge in [-0.15, -0.1) is 0 Å². The van der Waals surface area contributed by atoms with E-state index in [0.717, 1.165) is 17.8 Å². The van der Waals surface area contributed by atoms with Crippen LogP contribution in [0.15, 0.2) is 6.20 Å². The van der Waals surface area contributed by atoms with Gasteiger partial charge in [0.1, 0.15) is 7.85 Å². The summed E-state index contributed by atoms with van der Waals surface area (Å²) in [5.41, 5.74) is 2.42. The average molecular weight is 160 g/mol. The Morgan fingerprint density at radius 3 is 2.58 bits per heavy atom. The number of rotatable bonds is 2. The van der Waals surface area contributed by atoms with Crippen molar-refractivity contribution in [1.29, 1.82) is 0 Å². The minimum Gasteiger partial charge on any atom is -0.266 e. The van der Waals surface area contributed by atoms with Crippen molar-refractivity contribution in [2.24, 2.45) is 0 Å². The summed E-state index contributed by atoms with van der Waals surface area (Å²) in [6, 6.07) is 0. The predicted molar refractivity (Wildman–Crippen MR) is 50.9 cm³/mol. The van der Waals surface area contributed by atoms with E-state index in [1.54, 1.807) is 6.20 Å². The second-order valence-electron chi connectivity index (χ2n) is 3.14. The number of aromatic nitrogens is 2. The maximum Gasteiger partial charge on any atom is 0.144 e. The van der Waals surface area contributed by atoms with Gasteiger partial charge < -0.3 is 0 Å². The van der Waals surface area contributed by atoms with Crippen molar-refractivity contribution in [1.82, 2.24) is 9.97 Å². The molecule has 0 unspecified atom stereocenters. The van der Waals surface area contributed by atoms with Crippen LogP contribution in [0.25, 0.3) is 0 Å².